The minimum atomic E-state index is -0.631. The van der Waals surface area contributed by atoms with Crippen molar-refractivity contribution in [3.63, 3.8) is 0 Å². The summed E-state index contributed by atoms with van der Waals surface area (Å²) >= 11 is 0. The molecule has 0 bridgehead atoms. The van der Waals surface area contributed by atoms with Gasteiger partial charge in [0.05, 0.1) is 5.56 Å². The van der Waals surface area contributed by atoms with Crippen LogP contribution in [0.15, 0.2) is 54.6 Å². The fourth-order valence-electron chi connectivity index (χ4n) is 1.58. The quantitative estimate of drug-likeness (QED) is 0.534. The fraction of sp³-hybridized carbons (Fsp3) is 0. The Morgan fingerprint density at radius 1 is 0.789 bits per heavy atom. The third-order valence-corrected chi connectivity index (χ3v) is 2.53. The molecule has 0 aliphatic carbocycles. The third-order valence-electron chi connectivity index (χ3n) is 2.53. The first-order valence-corrected chi connectivity index (χ1v) is 5.33. The molecule has 92 valence electrons. The van der Waals surface area contributed by atoms with Crippen LogP contribution in [0.4, 0.5) is 0 Å². The Morgan fingerprint density at radius 2 is 1.26 bits per heavy atom. The van der Waals surface area contributed by atoms with Crippen molar-refractivity contribution in [2.45, 2.75) is 0 Å². The largest absolute Gasteiger partial charge is 0.370 e. The summed E-state index contributed by atoms with van der Waals surface area (Å²) in [5.41, 5.74) is 1.42. The summed E-state index contributed by atoms with van der Waals surface area (Å²) in [4.78, 5) is 27.3. The number of carbonyl (C=O) groups is 2. The van der Waals surface area contributed by atoms with Gasteiger partial charge in [-0.3, -0.25) is 4.79 Å². The van der Waals surface area contributed by atoms with Gasteiger partial charge in [-0.1, -0.05) is 42.5 Å². The molecule has 0 radical (unpaired) electrons. The van der Waals surface area contributed by atoms with E-state index in [1.807, 2.05) is 6.07 Å². The fourth-order valence-corrected chi connectivity index (χ4v) is 1.58. The molecule has 0 atom stereocenters. The standard InChI is InChI=1S/C14H11NO3.Zn/c15-18-14(17)12-8-6-11(7-9-12)13(16)10-4-2-1-3-5-10;/h1-9H,15H2;. The van der Waals surface area contributed by atoms with Crippen LogP contribution in [0.5, 0.6) is 0 Å². The van der Waals surface area contributed by atoms with Crippen LogP contribution in [0.25, 0.3) is 0 Å². The van der Waals surface area contributed by atoms with Crippen LogP contribution in [0.1, 0.15) is 26.3 Å². The van der Waals surface area contributed by atoms with Gasteiger partial charge in [-0.05, 0) is 12.1 Å². The Hall–Kier alpha value is -1.84. The van der Waals surface area contributed by atoms with E-state index in [4.69, 9.17) is 5.90 Å². The van der Waals surface area contributed by atoms with E-state index in [2.05, 4.69) is 4.84 Å². The van der Waals surface area contributed by atoms with Gasteiger partial charge in [0, 0.05) is 30.6 Å². The van der Waals surface area contributed by atoms with Crippen LogP contribution in [0, 0.1) is 0 Å². The molecule has 19 heavy (non-hydrogen) atoms. The molecule has 0 saturated carbocycles. The van der Waals surface area contributed by atoms with Crippen molar-refractivity contribution in [3.05, 3.63) is 71.3 Å². The number of benzene rings is 2. The molecule has 2 aromatic carbocycles. The van der Waals surface area contributed by atoms with Crippen LogP contribution >= 0.6 is 0 Å². The van der Waals surface area contributed by atoms with E-state index in [0.29, 0.717) is 16.7 Å². The van der Waals surface area contributed by atoms with E-state index in [-0.39, 0.29) is 25.3 Å². The van der Waals surface area contributed by atoms with Gasteiger partial charge < -0.3 is 4.84 Å². The van der Waals surface area contributed by atoms with Crippen molar-refractivity contribution in [3.8, 4) is 0 Å². The molecule has 0 aliphatic heterocycles. The zero-order valence-electron chi connectivity index (χ0n) is 10.2. The van der Waals surface area contributed by atoms with Crippen molar-refractivity contribution in [2.75, 3.05) is 0 Å². The maximum atomic E-state index is 12.1. The molecule has 2 aromatic rings. The van der Waals surface area contributed by atoms with Crippen LogP contribution in [-0.4, -0.2) is 11.8 Å². The topological polar surface area (TPSA) is 69.4 Å². The van der Waals surface area contributed by atoms with Gasteiger partial charge >= 0.3 is 5.97 Å². The smallest absolute Gasteiger partial charge is 0.356 e. The van der Waals surface area contributed by atoms with Crippen LogP contribution in [0.2, 0.25) is 0 Å². The molecular weight excluding hydrogens is 296 g/mol. The Kier molecular flexibility index (Phi) is 5.55. The Balaban J connectivity index is 0.00000180. The summed E-state index contributed by atoms with van der Waals surface area (Å²) in [7, 11) is 0. The Bertz CT molecular complexity index is 567. The first kappa shape index (κ1) is 15.2. The van der Waals surface area contributed by atoms with E-state index < -0.39 is 5.97 Å². The summed E-state index contributed by atoms with van der Waals surface area (Å²) in [6.45, 7) is 0. The van der Waals surface area contributed by atoms with Gasteiger partial charge in [0.15, 0.2) is 5.78 Å². The van der Waals surface area contributed by atoms with Gasteiger partial charge in [0.2, 0.25) is 0 Å². The number of nitrogens with two attached hydrogens (primary N) is 1. The van der Waals surface area contributed by atoms with Crippen LogP contribution < -0.4 is 5.90 Å². The normalized spacial score (nSPS) is 9.32. The number of carbonyl (C=O) groups excluding carboxylic acids is 2. The van der Waals surface area contributed by atoms with Crippen LogP contribution in [-0.2, 0) is 24.3 Å². The van der Waals surface area contributed by atoms with Crippen LogP contribution in [0.3, 0.4) is 0 Å². The maximum Gasteiger partial charge on any atom is 0.356 e. The molecule has 0 fully saturated rings. The van der Waals surface area contributed by atoms with Crippen molar-refractivity contribution >= 4 is 11.8 Å². The second kappa shape index (κ2) is 6.93. The molecule has 5 heteroatoms. The third kappa shape index (κ3) is 3.56. The summed E-state index contributed by atoms with van der Waals surface area (Å²) in [6.07, 6.45) is 0. The first-order chi connectivity index (χ1) is 8.72. The minimum absolute atomic E-state index is 0. The van der Waals surface area contributed by atoms with E-state index in [9.17, 15) is 9.59 Å². The van der Waals surface area contributed by atoms with Gasteiger partial charge in [-0.2, -0.15) is 5.90 Å². The molecule has 0 amide bonds. The van der Waals surface area contributed by atoms with E-state index >= 15 is 0 Å². The summed E-state index contributed by atoms with van der Waals surface area (Å²) in [5.74, 6) is 4.05. The zero-order valence-corrected chi connectivity index (χ0v) is 13.2. The van der Waals surface area contributed by atoms with Gasteiger partial charge in [-0.15, -0.1) is 0 Å². The zero-order chi connectivity index (χ0) is 13.0. The summed E-state index contributed by atoms with van der Waals surface area (Å²) in [6, 6.07) is 15.1. The molecule has 0 saturated heterocycles. The van der Waals surface area contributed by atoms with E-state index in [0.717, 1.165) is 0 Å². The molecule has 2 N–H and O–H groups in total. The summed E-state index contributed by atoms with van der Waals surface area (Å²) in [5, 5.41) is 0. The van der Waals surface area contributed by atoms with Gasteiger partial charge in [-0.25, -0.2) is 4.79 Å². The molecule has 0 aromatic heterocycles. The number of ketones is 1. The number of hydrogen-bond donors (Lipinski definition) is 1. The first-order valence-electron chi connectivity index (χ1n) is 5.33. The molecule has 0 heterocycles. The molecule has 0 spiro atoms. The van der Waals surface area contributed by atoms with E-state index in [1.54, 1.807) is 36.4 Å². The average molecular weight is 307 g/mol. The van der Waals surface area contributed by atoms with Crippen molar-refractivity contribution in [1.29, 1.82) is 0 Å². The average Bonchev–Trinajstić information content (AvgIpc) is 2.47. The molecular formula is C14H11NO3Zn. The monoisotopic (exact) mass is 305 g/mol. The Morgan fingerprint density at radius 3 is 1.79 bits per heavy atom. The molecule has 0 aliphatic rings. The van der Waals surface area contributed by atoms with E-state index in [1.165, 1.54) is 12.1 Å². The summed E-state index contributed by atoms with van der Waals surface area (Å²) < 4.78 is 0. The van der Waals surface area contributed by atoms with Gasteiger partial charge in [0.25, 0.3) is 0 Å². The molecule has 0 unspecified atom stereocenters. The second-order valence-corrected chi connectivity index (χ2v) is 3.68. The number of hydrogen-bond acceptors (Lipinski definition) is 4. The number of rotatable bonds is 3. The van der Waals surface area contributed by atoms with Crippen molar-refractivity contribution in [1.82, 2.24) is 0 Å². The predicted molar refractivity (Wildman–Crippen MR) is 65.9 cm³/mol. The molecule has 2 rings (SSSR count). The Labute approximate surface area is 123 Å². The SMILES string of the molecule is NOC(=O)c1ccc(C(=O)c2ccccc2)cc1.[Zn]. The maximum absolute atomic E-state index is 12.1. The van der Waals surface area contributed by atoms with Crippen molar-refractivity contribution in [2.24, 2.45) is 5.90 Å². The molecule has 4 nitrogen and oxygen atoms in total. The predicted octanol–water partition coefficient (Wildman–Crippen LogP) is 1.95. The minimum Gasteiger partial charge on any atom is -0.370 e. The van der Waals surface area contributed by atoms with Crippen molar-refractivity contribution < 1.29 is 33.9 Å². The van der Waals surface area contributed by atoms with Gasteiger partial charge in [0.1, 0.15) is 0 Å². The second-order valence-electron chi connectivity index (χ2n) is 3.68.